The summed E-state index contributed by atoms with van der Waals surface area (Å²) in [5.74, 6) is 0.771. The molecule has 2 aromatic heterocycles. The monoisotopic (exact) mass is 334 g/mol. The van der Waals surface area contributed by atoms with Crippen molar-refractivity contribution in [3.05, 3.63) is 47.6 Å². The topological polar surface area (TPSA) is 84.0 Å². The summed E-state index contributed by atoms with van der Waals surface area (Å²) in [5, 5.41) is 6.22. The standard InChI is InChI=1S/C14H14N4O2S2/c1-22(19,20)18-11-4-2-3-10(7-11)8-15-13-12-5-6-21-14(12)17-9-16-13/h2-7,9,18H,8H2,1H3,(H,15,16,17). The third-order valence-corrected chi connectivity index (χ3v) is 4.38. The molecule has 22 heavy (non-hydrogen) atoms. The van der Waals surface area contributed by atoms with Crippen molar-refractivity contribution in [1.82, 2.24) is 9.97 Å². The van der Waals surface area contributed by atoms with E-state index in [1.165, 1.54) is 6.33 Å². The van der Waals surface area contributed by atoms with E-state index in [2.05, 4.69) is 20.0 Å². The third-order valence-electron chi connectivity index (χ3n) is 2.95. The van der Waals surface area contributed by atoms with Gasteiger partial charge in [-0.1, -0.05) is 12.1 Å². The Hall–Kier alpha value is -2.19. The van der Waals surface area contributed by atoms with Gasteiger partial charge >= 0.3 is 0 Å². The van der Waals surface area contributed by atoms with Crippen molar-refractivity contribution in [2.45, 2.75) is 6.54 Å². The van der Waals surface area contributed by atoms with E-state index in [1.54, 1.807) is 23.5 Å². The quantitative estimate of drug-likeness (QED) is 0.749. The lowest BCUT2D eigenvalue weighted by molar-refractivity contribution is 0.607. The minimum atomic E-state index is -3.27. The number of fused-ring (bicyclic) bond motifs is 1. The van der Waals surface area contributed by atoms with Crippen molar-refractivity contribution >= 4 is 43.1 Å². The molecule has 3 aromatic rings. The Morgan fingerprint density at radius 3 is 2.91 bits per heavy atom. The van der Waals surface area contributed by atoms with Crippen molar-refractivity contribution in [2.75, 3.05) is 16.3 Å². The number of hydrogen-bond donors (Lipinski definition) is 2. The minimum Gasteiger partial charge on any atom is -0.365 e. The molecule has 0 fully saturated rings. The maximum atomic E-state index is 11.3. The predicted molar refractivity (Wildman–Crippen MR) is 89.7 cm³/mol. The van der Waals surface area contributed by atoms with Gasteiger partial charge < -0.3 is 5.32 Å². The van der Waals surface area contributed by atoms with Gasteiger partial charge in [0.15, 0.2) is 0 Å². The zero-order valence-electron chi connectivity index (χ0n) is 11.8. The van der Waals surface area contributed by atoms with Crippen LogP contribution in [0, 0.1) is 0 Å². The van der Waals surface area contributed by atoms with Gasteiger partial charge in [0.2, 0.25) is 10.0 Å². The molecule has 0 aliphatic heterocycles. The summed E-state index contributed by atoms with van der Waals surface area (Å²) in [6, 6.07) is 9.22. The summed E-state index contributed by atoms with van der Waals surface area (Å²) >= 11 is 1.56. The van der Waals surface area contributed by atoms with E-state index in [4.69, 9.17) is 0 Å². The van der Waals surface area contributed by atoms with Crippen LogP contribution in [0.15, 0.2) is 42.0 Å². The summed E-state index contributed by atoms with van der Waals surface area (Å²) in [5.41, 5.74) is 1.50. The second kappa shape index (κ2) is 5.90. The van der Waals surface area contributed by atoms with Crippen LogP contribution in [-0.2, 0) is 16.6 Å². The summed E-state index contributed by atoms with van der Waals surface area (Å²) in [4.78, 5) is 9.39. The van der Waals surface area contributed by atoms with Gasteiger partial charge in [-0.2, -0.15) is 0 Å². The zero-order chi connectivity index (χ0) is 15.6. The molecule has 0 aliphatic carbocycles. The first-order valence-electron chi connectivity index (χ1n) is 6.50. The molecule has 0 radical (unpaired) electrons. The maximum absolute atomic E-state index is 11.3. The number of rotatable bonds is 5. The highest BCUT2D eigenvalue weighted by atomic mass is 32.2. The molecule has 0 aliphatic rings. The van der Waals surface area contributed by atoms with E-state index in [-0.39, 0.29) is 0 Å². The first kappa shape index (κ1) is 14.7. The maximum Gasteiger partial charge on any atom is 0.229 e. The average molecular weight is 334 g/mol. The lowest BCUT2D eigenvalue weighted by atomic mass is 10.2. The first-order valence-corrected chi connectivity index (χ1v) is 9.27. The second-order valence-corrected chi connectivity index (χ2v) is 7.43. The normalized spacial score (nSPS) is 11.5. The highest BCUT2D eigenvalue weighted by Gasteiger charge is 2.05. The van der Waals surface area contributed by atoms with Crippen LogP contribution in [0.1, 0.15) is 5.56 Å². The van der Waals surface area contributed by atoms with Gasteiger partial charge in [-0.25, -0.2) is 18.4 Å². The Morgan fingerprint density at radius 2 is 2.09 bits per heavy atom. The van der Waals surface area contributed by atoms with Crippen molar-refractivity contribution in [1.29, 1.82) is 0 Å². The van der Waals surface area contributed by atoms with E-state index in [1.807, 2.05) is 23.6 Å². The Bertz CT molecular complexity index is 906. The molecule has 0 bridgehead atoms. The van der Waals surface area contributed by atoms with Gasteiger partial charge in [0.25, 0.3) is 0 Å². The number of benzene rings is 1. The predicted octanol–water partition coefficient (Wildman–Crippen LogP) is 2.67. The van der Waals surface area contributed by atoms with Crippen LogP contribution in [0.5, 0.6) is 0 Å². The van der Waals surface area contributed by atoms with Crippen LogP contribution in [0.25, 0.3) is 10.2 Å². The fraction of sp³-hybridized carbons (Fsp3) is 0.143. The zero-order valence-corrected chi connectivity index (χ0v) is 13.4. The van der Waals surface area contributed by atoms with Crippen molar-refractivity contribution < 1.29 is 8.42 Å². The van der Waals surface area contributed by atoms with E-state index >= 15 is 0 Å². The van der Waals surface area contributed by atoms with Crippen LogP contribution in [0.2, 0.25) is 0 Å². The molecule has 0 atom stereocenters. The van der Waals surface area contributed by atoms with Gasteiger partial charge in [-0.3, -0.25) is 4.72 Å². The Kier molecular flexibility index (Phi) is 3.95. The number of aromatic nitrogens is 2. The van der Waals surface area contributed by atoms with Crippen molar-refractivity contribution in [3.8, 4) is 0 Å². The lowest BCUT2D eigenvalue weighted by Crippen LogP contribution is -2.10. The molecular weight excluding hydrogens is 320 g/mol. The minimum absolute atomic E-state index is 0.543. The van der Waals surface area contributed by atoms with Crippen molar-refractivity contribution in [2.24, 2.45) is 0 Å². The van der Waals surface area contributed by atoms with Crippen LogP contribution in [0.3, 0.4) is 0 Å². The molecule has 3 rings (SSSR count). The van der Waals surface area contributed by atoms with Crippen LogP contribution >= 0.6 is 11.3 Å². The van der Waals surface area contributed by atoms with Gasteiger partial charge in [0, 0.05) is 12.2 Å². The molecule has 8 heteroatoms. The summed E-state index contributed by atoms with van der Waals surface area (Å²) in [6.45, 7) is 0.543. The molecule has 0 spiro atoms. The van der Waals surface area contributed by atoms with Crippen LogP contribution < -0.4 is 10.0 Å². The molecule has 2 heterocycles. The number of sulfonamides is 1. The number of nitrogens with zero attached hydrogens (tertiary/aromatic N) is 2. The Labute approximate surface area is 132 Å². The molecule has 1 aromatic carbocycles. The lowest BCUT2D eigenvalue weighted by Gasteiger charge is -2.09. The van der Waals surface area contributed by atoms with Gasteiger partial charge in [-0.15, -0.1) is 11.3 Å². The molecule has 0 unspecified atom stereocenters. The third kappa shape index (κ3) is 3.52. The summed E-state index contributed by atoms with van der Waals surface area (Å²) in [6.07, 6.45) is 2.66. The van der Waals surface area contributed by atoms with Crippen molar-refractivity contribution in [3.63, 3.8) is 0 Å². The molecule has 114 valence electrons. The smallest absolute Gasteiger partial charge is 0.229 e. The molecule has 2 N–H and O–H groups in total. The first-order chi connectivity index (χ1) is 10.5. The van der Waals surface area contributed by atoms with E-state index in [0.717, 1.165) is 27.9 Å². The highest BCUT2D eigenvalue weighted by molar-refractivity contribution is 7.92. The van der Waals surface area contributed by atoms with Gasteiger partial charge in [-0.05, 0) is 29.1 Å². The SMILES string of the molecule is CS(=O)(=O)Nc1cccc(CNc2ncnc3sccc23)c1. The average Bonchev–Trinajstić information content (AvgIpc) is 2.92. The van der Waals surface area contributed by atoms with E-state index < -0.39 is 10.0 Å². The molecular formula is C14H14N4O2S2. The number of anilines is 2. The Balaban J connectivity index is 1.76. The fourth-order valence-electron chi connectivity index (χ4n) is 2.08. The largest absolute Gasteiger partial charge is 0.365 e. The molecule has 6 nitrogen and oxygen atoms in total. The van der Waals surface area contributed by atoms with Crippen LogP contribution in [0.4, 0.5) is 11.5 Å². The van der Waals surface area contributed by atoms with Gasteiger partial charge in [0.1, 0.15) is 17.0 Å². The number of hydrogen-bond acceptors (Lipinski definition) is 6. The van der Waals surface area contributed by atoms with Crippen LogP contribution in [-0.4, -0.2) is 24.6 Å². The molecule has 0 saturated heterocycles. The summed E-state index contributed by atoms with van der Waals surface area (Å²) in [7, 11) is -3.27. The molecule has 0 saturated carbocycles. The number of thiophene rings is 1. The summed E-state index contributed by atoms with van der Waals surface area (Å²) < 4.78 is 25.0. The van der Waals surface area contributed by atoms with Gasteiger partial charge in [0.05, 0.1) is 11.6 Å². The Morgan fingerprint density at radius 1 is 1.23 bits per heavy atom. The fourth-order valence-corrected chi connectivity index (χ4v) is 3.36. The second-order valence-electron chi connectivity index (χ2n) is 4.79. The van der Waals surface area contributed by atoms with E-state index in [9.17, 15) is 8.42 Å². The number of nitrogens with one attached hydrogen (secondary N) is 2. The highest BCUT2D eigenvalue weighted by Crippen LogP contribution is 2.24. The molecule has 0 amide bonds. The van der Waals surface area contributed by atoms with E-state index in [0.29, 0.717) is 12.2 Å².